The predicted octanol–water partition coefficient (Wildman–Crippen LogP) is 1.59. The number of nitrogens with two attached hydrogens (primary N) is 1. The molecule has 1 rings (SSSR count). The Bertz CT molecular complexity index is 585. The van der Waals surface area contributed by atoms with Crippen molar-refractivity contribution in [3.8, 4) is 11.5 Å². The fourth-order valence-electron chi connectivity index (χ4n) is 1.64. The fourth-order valence-corrected chi connectivity index (χ4v) is 1.64. The van der Waals surface area contributed by atoms with E-state index in [1.165, 1.54) is 0 Å². The second kappa shape index (κ2) is 9.45. The lowest BCUT2D eigenvalue weighted by atomic mass is 10.1. The summed E-state index contributed by atoms with van der Waals surface area (Å²) in [6.07, 6.45) is 1.77. The van der Waals surface area contributed by atoms with E-state index >= 15 is 0 Å². The molecular formula is C16H23N3O4. The molecule has 2 amide bonds. The Labute approximate surface area is 135 Å². The van der Waals surface area contributed by atoms with Crippen LogP contribution in [0, 0.1) is 0 Å². The van der Waals surface area contributed by atoms with Gasteiger partial charge in [0, 0.05) is 5.56 Å². The van der Waals surface area contributed by atoms with Gasteiger partial charge < -0.3 is 15.2 Å². The number of benzene rings is 1. The van der Waals surface area contributed by atoms with Crippen molar-refractivity contribution in [2.24, 2.45) is 10.8 Å². The second-order valence-corrected chi connectivity index (χ2v) is 4.86. The number of hydrogen-bond acceptors (Lipinski definition) is 5. The van der Waals surface area contributed by atoms with Gasteiger partial charge in [0.1, 0.15) is 0 Å². The van der Waals surface area contributed by atoms with Gasteiger partial charge in [0.15, 0.2) is 11.5 Å². The van der Waals surface area contributed by atoms with Gasteiger partial charge in [0.2, 0.25) is 0 Å². The molecule has 7 heteroatoms. The van der Waals surface area contributed by atoms with E-state index in [9.17, 15) is 9.59 Å². The molecule has 0 atom stereocenters. The summed E-state index contributed by atoms with van der Waals surface area (Å²) in [6.45, 7) is 6.92. The first-order chi connectivity index (χ1) is 11.0. The summed E-state index contributed by atoms with van der Waals surface area (Å²) in [7, 11) is 0. The molecule has 0 spiro atoms. The summed E-state index contributed by atoms with van der Waals surface area (Å²) in [5, 5.41) is 3.85. The maximum atomic E-state index is 11.1. The first kappa shape index (κ1) is 18.5. The Morgan fingerprint density at radius 2 is 1.74 bits per heavy atom. The number of carbonyl (C=O) groups is 2. The van der Waals surface area contributed by atoms with Gasteiger partial charge in [-0.3, -0.25) is 9.59 Å². The van der Waals surface area contributed by atoms with E-state index in [2.05, 4.69) is 10.5 Å². The molecule has 0 aliphatic heterocycles. The maximum absolute atomic E-state index is 11.1. The first-order valence-electron chi connectivity index (χ1n) is 7.53. The Morgan fingerprint density at radius 1 is 1.13 bits per heavy atom. The maximum Gasteiger partial charge on any atom is 0.329 e. The molecule has 7 nitrogen and oxygen atoms in total. The van der Waals surface area contributed by atoms with E-state index in [1.807, 2.05) is 13.8 Å². The van der Waals surface area contributed by atoms with E-state index in [1.54, 1.807) is 25.1 Å². The average molecular weight is 321 g/mol. The van der Waals surface area contributed by atoms with E-state index in [4.69, 9.17) is 15.2 Å². The molecule has 0 heterocycles. The summed E-state index contributed by atoms with van der Waals surface area (Å²) in [4.78, 5) is 21.8. The molecule has 3 N–H and O–H groups in total. The summed E-state index contributed by atoms with van der Waals surface area (Å²) < 4.78 is 11.3. The van der Waals surface area contributed by atoms with Crippen LogP contribution in [0.4, 0.5) is 0 Å². The molecule has 1 aromatic carbocycles. The highest BCUT2D eigenvalue weighted by Crippen LogP contribution is 2.29. The van der Waals surface area contributed by atoms with Crippen LogP contribution in [-0.4, -0.2) is 30.7 Å². The van der Waals surface area contributed by atoms with Gasteiger partial charge in [0.05, 0.1) is 18.9 Å². The molecule has 0 aromatic heterocycles. The zero-order chi connectivity index (χ0) is 17.2. The summed E-state index contributed by atoms with van der Waals surface area (Å²) in [5.41, 5.74) is 8.20. The quantitative estimate of drug-likeness (QED) is 0.431. The number of primary amides is 1. The van der Waals surface area contributed by atoms with Crippen LogP contribution in [0.3, 0.4) is 0 Å². The van der Waals surface area contributed by atoms with E-state index < -0.39 is 11.8 Å². The number of nitrogens with zero attached hydrogens (tertiary/aromatic N) is 1. The van der Waals surface area contributed by atoms with Crippen LogP contribution in [0.25, 0.3) is 0 Å². The van der Waals surface area contributed by atoms with Gasteiger partial charge in [-0.25, -0.2) is 5.43 Å². The lowest BCUT2D eigenvalue weighted by Gasteiger charge is -2.13. The van der Waals surface area contributed by atoms with Crippen molar-refractivity contribution in [2.45, 2.75) is 33.6 Å². The average Bonchev–Trinajstić information content (AvgIpc) is 2.55. The third kappa shape index (κ3) is 5.98. The van der Waals surface area contributed by atoms with Gasteiger partial charge in [-0.05, 0) is 38.0 Å². The van der Waals surface area contributed by atoms with Crippen LogP contribution in [0.2, 0.25) is 0 Å². The molecule has 0 saturated heterocycles. The van der Waals surface area contributed by atoms with Crippen LogP contribution in [0.1, 0.15) is 39.2 Å². The number of carbonyl (C=O) groups excluding carboxylic acids is 2. The van der Waals surface area contributed by atoms with E-state index in [-0.39, 0.29) is 0 Å². The Hall–Kier alpha value is -2.57. The highest BCUT2D eigenvalue weighted by atomic mass is 16.5. The highest BCUT2D eigenvalue weighted by Gasteiger charge is 2.10. The van der Waals surface area contributed by atoms with Crippen molar-refractivity contribution >= 4 is 17.5 Å². The van der Waals surface area contributed by atoms with Crippen molar-refractivity contribution in [2.75, 3.05) is 13.2 Å². The van der Waals surface area contributed by atoms with Crippen LogP contribution in [-0.2, 0) is 9.59 Å². The normalized spacial score (nSPS) is 11.0. The molecule has 0 bridgehead atoms. The van der Waals surface area contributed by atoms with Crippen LogP contribution >= 0.6 is 0 Å². The molecule has 0 aliphatic carbocycles. The van der Waals surface area contributed by atoms with Gasteiger partial charge in [0.25, 0.3) is 0 Å². The molecular weight excluding hydrogens is 298 g/mol. The Balaban J connectivity index is 2.95. The molecule has 0 radical (unpaired) electrons. The fraction of sp³-hybridized carbons (Fsp3) is 0.438. The van der Waals surface area contributed by atoms with Gasteiger partial charge in [-0.15, -0.1) is 0 Å². The minimum absolute atomic E-state index is 0.517. The van der Waals surface area contributed by atoms with Crippen molar-refractivity contribution in [3.05, 3.63) is 23.8 Å². The molecule has 1 aromatic rings. The number of ether oxygens (including phenoxy) is 2. The van der Waals surface area contributed by atoms with Crippen molar-refractivity contribution < 1.29 is 19.1 Å². The summed E-state index contributed by atoms with van der Waals surface area (Å²) >= 11 is 0. The SMILES string of the molecule is CCCOc1ccc(/C(C)=N\NC(=O)C(N)=O)cc1OCCC. The Kier molecular flexibility index (Phi) is 7.59. The topological polar surface area (TPSA) is 103 Å². The first-order valence-corrected chi connectivity index (χ1v) is 7.53. The molecule has 0 saturated carbocycles. The van der Waals surface area contributed by atoms with Crippen LogP contribution in [0.5, 0.6) is 11.5 Å². The van der Waals surface area contributed by atoms with E-state index in [0.717, 1.165) is 18.4 Å². The number of hydrazone groups is 1. The molecule has 23 heavy (non-hydrogen) atoms. The lowest BCUT2D eigenvalue weighted by Crippen LogP contribution is -2.33. The minimum atomic E-state index is -1.09. The number of hydrogen-bond donors (Lipinski definition) is 2. The monoisotopic (exact) mass is 321 g/mol. The van der Waals surface area contributed by atoms with Crippen LogP contribution < -0.4 is 20.6 Å². The standard InChI is InChI=1S/C16H23N3O4/c1-4-8-22-13-7-6-12(10-14(13)23-9-5-2)11(3)18-19-16(21)15(17)20/h6-7,10H,4-5,8-9H2,1-3H3,(H2,17,20)(H,19,21)/b18-11-. The largest absolute Gasteiger partial charge is 0.490 e. The zero-order valence-corrected chi connectivity index (χ0v) is 13.7. The smallest absolute Gasteiger partial charge is 0.329 e. The number of nitrogens with one attached hydrogen (secondary N) is 1. The molecule has 0 aliphatic rings. The number of amides is 2. The predicted molar refractivity (Wildman–Crippen MR) is 87.6 cm³/mol. The lowest BCUT2D eigenvalue weighted by molar-refractivity contribution is -0.137. The van der Waals surface area contributed by atoms with Crippen molar-refractivity contribution in [1.82, 2.24) is 5.43 Å². The minimum Gasteiger partial charge on any atom is -0.490 e. The van der Waals surface area contributed by atoms with Crippen molar-refractivity contribution in [3.63, 3.8) is 0 Å². The summed E-state index contributed by atoms with van der Waals surface area (Å²) in [5.74, 6) is -0.766. The molecule has 0 unspecified atom stereocenters. The third-order valence-electron chi connectivity index (χ3n) is 2.83. The third-order valence-corrected chi connectivity index (χ3v) is 2.83. The van der Waals surface area contributed by atoms with Gasteiger partial charge >= 0.3 is 11.8 Å². The van der Waals surface area contributed by atoms with E-state index in [0.29, 0.717) is 30.4 Å². The number of rotatable bonds is 8. The molecule has 126 valence electrons. The van der Waals surface area contributed by atoms with Crippen LogP contribution in [0.15, 0.2) is 23.3 Å². The Morgan fingerprint density at radius 3 is 2.30 bits per heavy atom. The highest BCUT2D eigenvalue weighted by molar-refractivity contribution is 6.34. The van der Waals surface area contributed by atoms with Gasteiger partial charge in [-0.2, -0.15) is 5.10 Å². The zero-order valence-electron chi connectivity index (χ0n) is 13.7. The van der Waals surface area contributed by atoms with Gasteiger partial charge in [-0.1, -0.05) is 13.8 Å². The summed E-state index contributed by atoms with van der Waals surface area (Å²) in [6, 6.07) is 5.39. The second-order valence-electron chi connectivity index (χ2n) is 4.86. The van der Waals surface area contributed by atoms with Crippen molar-refractivity contribution in [1.29, 1.82) is 0 Å². The molecule has 0 fully saturated rings.